The number of aromatic nitrogens is 3. The summed E-state index contributed by atoms with van der Waals surface area (Å²) in [6.07, 6.45) is 0. The van der Waals surface area contributed by atoms with E-state index in [1.807, 2.05) is 41.3 Å². The maximum atomic E-state index is 13.0. The van der Waals surface area contributed by atoms with Crippen LogP contribution in [0.2, 0.25) is 0 Å². The molecule has 7 nitrogen and oxygen atoms in total. The summed E-state index contributed by atoms with van der Waals surface area (Å²) >= 11 is 0. The van der Waals surface area contributed by atoms with E-state index in [0.29, 0.717) is 30.6 Å². The van der Waals surface area contributed by atoms with Gasteiger partial charge in [-0.1, -0.05) is 24.3 Å². The maximum Gasteiger partial charge on any atom is 0.270 e. The predicted molar refractivity (Wildman–Crippen MR) is 123 cm³/mol. The van der Waals surface area contributed by atoms with E-state index in [-0.39, 0.29) is 11.9 Å². The number of fused-ring (bicyclic) bond motifs is 1. The highest BCUT2D eigenvalue weighted by atomic mass is 16.4. The second kappa shape index (κ2) is 8.24. The van der Waals surface area contributed by atoms with Crippen molar-refractivity contribution in [1.29, 1.82) is 0 Å². The van der Waals surface area contributed by atoms with Crippen molar-refractivity contribution in [2.75, 3.05) is 26.2 Å². The number of piperazine rings is 1. The van der Waals surface area contributed by atoms with E-state index < -0.39 is 0 Å². The van der Waals surface area contributed by atoms with Crippen LogP contribution in [0, 0.1) is 13.8 Å². The van der Waals surface area contributed by atoms with E-state index in [2.05, 4.69) is 53.0 Å². The Hall–Kier alpha value is -3.45. The Morgan fingerprint density at radius 3 is 2.53 bits per heavy atom. The summed E-state index contributed by atoms with van der Waals surface area (Å²) in [5.74, 6) is 1.19. The zero-order valence-electron chi connectivity index (χ0n) is 18.6. The number of carbonyl (C=O) groups is 1. The van der Waals surface area contributed by atoms with Crippen LogP contribution in [0.3, 0.4) is 0 Å². The summed E-state index contributed by atoms with van der Waals surface area (Å²) < 4.78 is 6.01. The van der Waals surface area contributed by atoms with Gasteiger partial charge < -0.3 is 14.3 Å². The molecule has 1 atom stereocenters. The first-order valence-corrected chi connectivity index (χ1v) is 11.0. The van der Waals surface area contributed by atoms with Crippen LogP contribution >= 0.6 is 0 Å². The minimum Gasteiger partial charge on any atom is -0.419 e. The molecule has 164 valence electrons. The van der Waals surface area contributed by atoms with E-state index in [9.17, 15) is 4.79 Å². The van der Waals surface area contributed by atoms with Gasteiger partial charge >= 0.3 is 0 Å². The summed E-state index contributed by atoms with van der Waals surface area (Å²) in [6.45, 7) is 9.08. The van der Waals surface area contributed by atoms with Crippen LogP contribution in [0.15, 0.2) is 52.9 Å². The molecular weight excluding hydrogens is 402 g/mol. The van der Waals surface area contributed by atoms with Gasteiger partial charge in [-0.25, -0.2) is 0 Å². The van der Waals surface area contributed by atoms with Crippen LogP contribution in [0.1, 0.15) is 40.5 Å². The number of aryl methyl sites for hydroxylation is 2. The van der Waals surface area contributed by atoms with E-state index >= 15 is 0 Å². The maximum absolute atomic E-state index is 13.0. The minimum atomic E-state index is -0.00637. The summed E-state index contributed by atoms with van der Waals surface area (Å²) in [5.41, 5.74) is 5.00. The molecule has 0 radical (unpaired) electrons. The Morgan fingerprint density at radius 2 is 1.78 bits per heavy atom. The Labute approximate surface area is 187 Å². The molecule has 0 aliphatic carbocycles. The molecule has 0 saturated carbocycles. The normalized spacial score (nSPS) is 15.9. The van der Waals surface area contributed by atoms with Gasteiger partial charge in [0.15, 0.2) is 0 Å². The Kier molecular flexibility index (Phi) is 5.27. The zero-order chi connectivity index (χ0) is 22.2. The molecule has 0 spiro atoms. The molecule has 0 unspecified atom stereocenters. The van der Waals surface area contributed by atoms with E-state index in [1.54, 1.807) is 0 Å². The molecule has 2 aromatic carbocycles. The average molecular weight is 430 g/mol. The molecule has 32 heavy (non-hydrogen) atoms. The van der Waals surface area contributed by atoms with Crippen LogP contribution < -0.4 is 0 Å². The number of para-hydroxylation sites is 1. The molecule has 2 aromatic heterocycles. The van der Waals surface area contributed by atoms with Crippen molar-refractivity contribution in [1.82, 2.24) is 25.0 Å². The van der Waals surface area contributed by atoms with Crippen molar-refractivity contribution >= 4 is 16.8 Å². The number of hydrogen-bond donors (Lipinski definition) is 1. The topological polar surface area (TPSA) is 78.3 Å². The van der Waals surface area contributed by atoms with Crippen LogP contribution in [-0.2, 0) is 0 Å². The number of nitrogens with zero attached hydrogens (tertiary/aromatic N) is 4. The lowest BCUT2D eigenvalue weighted by molar-refractivity contribution is 0.0554. The van der Waals surface area contributed by atoms with Crippen molar-refractivity contribution in [2.24, 2.45) is 0 Å². The molecule has 1 amide bonds. The van der Waals surface area contributed by atoms with Crippen molar-refractivity contribution < 1.29 is 9.21 Å². The molecule has 1 fully saturated rings. The highest BCUT2D eigenvalue weighted by Gasteiger charge is 2.28. The van der Waals surface area contributed by atoms with Gasteiger partial charge in [-0.3, -0.25) is 9.69 Å². The summed E-state index contributed by atoms with van der Waals surface area (Å²) in [7, 11) is 0. The highest BCUT2D eigenvalue weighted by Crippen LogP contribution is 2.26. The minimum absolute atomic E-state index is 0.00637. The number of carbonyl (C=O) groups excluding carboxylic acids is 1. The number of nitrogens with one attached hydrogen (secondary N) is 1. The fourth-order valence-corrected chi connectivity index (χ4v) is 4.22. The number of hydrogen-bond acceptors (Lipinski definition) is 5. The third-order valence-electron chi connectivity index (χ3n) is 6.46. The summed E-state index contributed by atoms with van der Waals surface area (Å²) in [5, 5.41) is 9.62. The molecule has 1 aliphatic rings. The van der Waals surface area contributed by atoms with Crippen LogP contribution in [0.25, 0.3) is 22.4 Å². The Bertz CT molecular complexity index is 1230. The van der Waals surface area contributed by atoms with Gasteiger partial charge in [0, 0.05) is 42.6 Å². The van der Waals surface area contributed by atoms with E-state index in [0.717, 1.165) is 29.6 Å². The number of H-pyrrole nitrogens is 1. The molecule has 5 rings (SSSR count). The summed E-state index contributed by atoms with van der Waals surface area (Å²) in [6, 6.07) is 16.0. The number of aromatic amines is 1. The Morgan fingerprint density at radius 1 is 1.00 bits per heavy atom. The first kappa shape index (κ1) is 20.5. The fourth-order valence-electron chi connectivity index (χ4n) is 4.22. The molecule has 7 heteroatoms. The zero-order valence-corrected chi connectivity index (χ0v) is 18.6. The van der Waals surface area contributed by atoms with Crippen LogP contribution in [-0.4, -0.2) is 57.1 Å². The molecule has 3 heterocycles. The van der Waals surface area contributed by atoms with Gasteiger partial charge in [-0.15, -0.1) is 10.2 Å². The van der Waals surface area contributed by atoms with Crippen molar-refractivity contribution in [3.63, 3.8) is 0 Å². The van der Waals surface area contributed by atoms with Crippen molar-refractivity contribution in [3.05, 3.63) is 71.2 Å². The van der Waals surface area contributed by atoms with Gasteiger partial charge in [0.25, 0.3) is 5.91 Å². The largest absolute Gasteiger partial charge is 0.419 e. The monoisotopic (exact) mass is 429 g/mol. The first-order chi connectivity index (χ1) is 15.5. The lowest BCUT2D eigenvalue weighted by Crippen LogP contribution is -2.49. The van der Waals surface area contributed by atoms with Gasteiger partial charge in [-0.2, -0.15) is 0 Å². The third kappa shape index (κ3) is 3.80. The third-order valence-corrected chi connectivity index (χ3v) is 6.46. The summed E-state index contributed by atoms with van der Waals surface area (Å²) in [4.78, 5) is 20.4. The standard InChI is InChI=1S/C25H27N5O2/c1-16-8-9-20(14-17(16)2)24-28-27-23(32-24)18(3)29-10-12-30(13-11-29)25(31)22-15-19-6-4-5-7-21(19)26-22/h4-9,14-15,18,26H,10-13H2,1-3H3/t18-/m0/s1. The SMILES string of the molecule is Cc1ccc(-c2nnc([C@H](C)N3CCN(C(=O)c4cc5ccccc5[nH]4)CC3)o2)cc1C. The molecule has 4 aromatic rings. The molecule has 1 N–H and O–H groups in total. The number of rotatable bonds is 4. The van der Waals surface area contributed by atoms with E-state index in [4.69, 9.17) is 4.42 Å². The first-order valence-electron chi connectivity index (χ1n) is 11.0. The van der Waals surface area contributed by atoms with Gasteiger partial charge in [-0.05, 0) is 56.2 Å². The smallest absolute Gasteiger partial charge is 0.270 e. The van der Waals surface area contributed by atoms with Crippen LogP contribution in [0.4, 0.5) is 0 Å². The fraction of sp³-hybridized carbons (Fsp3) is 0.320. The number of amides is 1. The molecule has 1 aliphatic heterocycles. The lowest BCUT2D eigenvalue weighted by Gasteiger charge is -2.36. The highest BCUT2D eigenvalue weighted by molar-refractivity contribution is 5.98. The lowest BCUT2D eigenvalue weighted by atomic mass is 10.1. The molecule has 0 bridgehead atoms. The average Bonchev–Trinajstić information content (AvgIpc) is 3.47. The van der Waals surface area contributed by atoms with Crippen molar-refractivity contribution in [3.8, 4) is 11.5 Å². The molecular formula is C25H27N5O2. The molecule has 1 saturated heterocycles. The number of benzene rings is 2. The van der Waals surface area contributed by atoms with E-state index in [1.165, 1.54) is 11.1 Å². The van der Waals surface area contributed by atoms with Gasteiger partial charge in [0.1, 0.15) is 5.69 Å². The van der Waals surface area contributed by atoms with Crippen molar-refractivity contribution in [2.45, 2.75) is 26.8 Å². The second-order valence-electron chi connectivity index (χ2n) is 8.52. The predicted octanol–water partition coefficient (Wildman–Crippen LogP) is 4.35. The van der Waals surface area contributed by atoms with Crippen LogP contribution in [0.5, 0.6) is 0 Å². The van der Waals surface area contributed by atoms with Gasteiger partial charge in [0.2, 0.25) is 11.8 Å². The quantitative estimate of drug-likeness (QED) is 0.522. The Balaban J connectivity index is 1.23. The van der Waals surface area contributed by atoms with Gasteiger partial charge in [0.05, 0.1) is 6.04 Å². The second-order valence-corrected chi connectivity index (χ2v) is 8.52.